The van der Waals surface area contributed by atoms with Gasteiger partial charge in [0.25, 0.3) is 0 Å². The molecule has 0 unspecified atom stereocenters. The Labute approximate surface area is 117 Å². The molecule has 2 N–H and O–H groups in total. The highest BCUT2D eigenvalue weighted by molar-refractivity contribution is 5.85. The fourth-order valence-corrected chi connectivity index (χ4v) is 2.31. The van der Waals surface area contributed by atoms with Crippen molar-refractivity contribution in [3.63, 3.8) is 0 Å². The van der Waals surface area contributed by atoms with E-state index in [0.717, 1.165) is 22.4 Å². The normalized spacial score (nSPS) is 10.7. The number of nitrogens with zero attached hydrogens (tertiary/aromatic N) is 2. The van der Waals surface area contributed by atoms with E-state index in [9.17, 15) is 0 Å². The lowest BCUT2D eigenvalue weighted by Gasteiger charge is -2.06. The number of nitrogen functional groups attached to an aromatic ring is 1. The second-order valence-corrected chi connectivity index (χ2v) is 4.81. The van der Waals surface area contributed by atoms with Gasteiger partial charge in [-0.2, -0.15) is 0 Å². The summed E-state index contributed by atoms with van der Waals surface area (Å²) >= 11 is 0. The van der Waals surface area contributed by atoms with Crippen molar-refractivity contribution in [3.05, 3.63) is 53.7 Å². The van der Waals surface area contributed by atoms with Crippen molar-refractivity contribution >= 4 is 5.82 Å². The van der Waals surface area contributed by atoms with E-state index in [2.05, 4.69) is 23.1 Å². The van der Waals surface area contributed by atoms with Crippen LogP contribution in [0.3, 0.4) is 0 Å². The fourth-order valence-electron chi connectivity index (χ4n) is 2.31. The lowest BCUT2D eigenvalue weighted by atomic mass is 9.99. The number of hydrogen-bond donors (Lipinski definition) is 1. The van der Waals surface area contributed by atoms with Gasteiger partial charge in [0, 0.05) is 11.8 Å². The molecule has 0 fully saturated rings. The summed E-state index contributed by atoms with van der Waals surface area (Å²) in [5.41, 5.74) is 10.8. The number of benzene rings is 1. The molecule has 0 atom stereocenters. The van der Waals surface area contributed by atoms with E-state index in [1.807, 2.05) is 37.3 Å². The van der Waals surface area contributed by atoms with Crippen molar-refractivity contribution < 1.29 is 4.52 Å². The summed E-state index contributed by atoms with van der Waals surface area (Å²) < 4.78 is 5.44. The molecule has 2 aromatic heterocycles. The zero-order valence-electron chi connectivity index (χ0n) is 11.4. The SMILES string of the molecule is Cc1ccc(-c2onc(N)c2-c2ccccn2)c(C)c1. The van der Waals surface area contributed by atoms with Crippen LogP contribution in [0, 0.1) is 13.8 Å². The van der Waals surface area contributed by atoms with E-state index in [0.29, 0.717) is 11.6 Å². The molecular formula is C16H15N3O. The number of rotatable bonds is 2. The average Bonchev–Trinajstić information content (AvgIpc) is 2.81. The number of hydrogen-bond acceptors (Lipinski definition) is 4. The first kappa shape index (κ1) is 12.4. The van der Waals surface area contributed by atoms with Crippen LogP contribution in [0.25, 0.3) is 22.6 Å². The van der Waals surface area contributed by atoms with Crippen molar-refractivity contribution in [2.24, 2.45) is 0 Å². The summed E-state index contributed by atoms with van der Waals surface area (Å²) in [6.45, 7) is 4.11. The van der Waals surface area contributed by atoms with E-state index in [4.69, 9.17) is 10.3 Å². The predicted molar refractivity (Wildman–Crippen MR) is 79.1 cm³/mol. The van der Waals surface area contributed by atoms with Crippen molar-refractivity contribution in [1.29, 1.82) is 0 Å². The van der Waals surface area contributed by atoms with Crippen molar-refractivity contribution in [2.75, 3.05) is 5.73 Å². The molecule has 20 heavy (non-hydrogen) atoms. The molecule has 0 radical (unpaired) electrons. The maximum Gasteiger partial charge on any atom is 0.178 e. The highest BCUT2D eigenvalue weighted by Gasteiger charge is 2.19. The van der Waals surface area contributed by atoms with Gasteiger partial charge in [0.1, 0.15) is 0 Å². The van der Waals surface area contributed by atoms with E-state index < -0.39 is 0 Å². The van der Waals surface area contributed by atoms with E-state index in [1.54, 1.807) is 6.20 Å². The minimum absolute atomic E-state index is 0.360. The molecule has 100 valence electrons. The summed E-state index contributed by atoms with van der Waals surface area (Å²) in [6, 6.07) is 11.9. The average molecular weight is 265 g/mol. The molecule has 4 nitrogen and oxygen atoms in total. The minimum Gasteiger partial charge on any atom is -0.380 e. The van der Waals surface area contributed by atoms with Gasteiger partial charge in [0.2, 0.25) is 0 Å². The van der Waals surface area contributed by atoms with Gasteiger partial charge in [0.05, 0.1) is 11.3 Å². The summed E-state index contributed by atoms with van der Waals surface area (Å²) in [5, 5.41) is 3.90. The van der Waals surface area contributed by atoms with Gasteiger partial charge in [-0.15, -0.1) is 0 Å². The summed E-state index contributed by atoms with van der Waals surface area (Å²) in [6.07, 6.45) is 1.73. The summed E-state index contributed by atoms with van der Waals surface area (Å²) in [7, 11) is 0. The van der Waals surface area contributed by atoms with Gasteiger partial charge in [-0.1, -0.05) is 35.0 Å². The van der Waals surface area contributed by atoms with Crippen LogP contribution in [-0.2, 0) is 0 Å². The molecule has 0 aliphatic heterocycles. The van der Waals surface area contributed by atoms with Gasteiger partial charge in [-0.25, -0.2) is 0 Å². The number of pyridine rings is 1. The maximum atomic E-state index is 5.95. The minimum atomic E-state index is 0.360. The highest BCUT2D eigenvalue weighted by Crippen LogP contribution is 2.36. The number of aromatic nitrogens is 2. The molecule has 0 bridgehead atoms. The van der Waals surface area contributed by atoms with Crippen molar-refractivity contribution in [3.8, 4) is 22.6 Å². The van der Waals surface area contributed by atoms with Crippen LogP contribution in [0.5, 0.6) is 0 Å². The Bertz CT molecular complexity index is 748. The third-order valence-electron chi connectivity index (χ3n) is 3.27. The molecular weight excluding hydrogens is 250 g/mol. The van der Waals surface area contributed by atoms with Crippen LogP contribution in [0.2, 0.25) is 0 Å². The first-order chi connectivity index (χ1) is 9.66. The molecule has 0 saturated carbocycles. The van der Waals surface area contributed by atoms with Gasteiger partial charge in [-0.3, -0.25) is 4.98 Å². The lowest BCUT2D eigenvalue weighted by molar-refractivity contribution is 0.436. The summed E-state index contributed by atoms with van der Waals surface area (Å²) in [4.78, 5) is 4.34. The van der Waals surface area contributed by atoms with E-state index >= 15 is 0 Å². The Balaban J connectivity index is 2.21. The second-order valence-electron chi connectivity index (χ2n) is 4.81. The topological polar surface area (TPSA) is 64.9 Å². The quantitative estimate of drug-likeness (QED) is 0.768. The Morgan fingerprint density at radius 3 is 2.65 bits per heavy atom. The van der Waals surface area contributed by atoms with Crippen LogP contribution < -0.4 is 5.73 Å². The highest BCUT2D eigenvalue weighted by atomic mass is 16.5. The van der Waals surface area contributed by atoms with Gasteiger partial charge in [0.15, 0.2) is 11.6 Å². The first-order valence-corrected chi connectivity index (χ1v) is 6.41. The fraction of sp³-hybridized carbons (Fsp3) is 0.125. The summed E-state index contributed by atoms with van der Waals surface area (Å²) in [5.74, 6) is 1.03. The number of nitrogens with two attached hydrogens (primary N) is 1. The Morgan fingerprint density at radius 1 is 1.10 bits per heavy atom. The standard InChI is InChI=1S/C16H15N3O/c1-10-6-7-12(11(2)9-10)15-14(16(17)19-20-15)13-5-3-4-8-18-13/h3-9H,1-2H3,(H2,17,19). The molecule has 0 aliphatic rings. The Morgan fingerprint density at radius 2 is 1.95 bits per heavy atom. The van der Waals surface area contributed by atoms with Gasteiger partial charge in [-0.05, 0) is 31.5 Å². The maximum absolute atomic E-state index is 5.95. The van der Waals surface area contributed by atoms with Crippen LogP contribution in [-0.4, -0.2) is 10.1 Å². The molecule has 0 saturated heterocycles. The van der Waals surface area contributed by atoms with Gasteiger partial charge >= 0.3 is 0 Å². The molecule has 1 aromatic carbocycles. The lowest BCUT2D eigenvalue weighted by Crippen LogP contribution is -1.91. The smallest absolute Gasteiger partial charge is 0.178 e. The monoisotopic (exact) mass is 265 g/mol. The zero-order valence-corrected chi connectivity index (χ0v) is 11.4. The molecule has 3 aromatic rings. The second kappa shape index (κ2) is 4.81. The largest absolute Gasteiger partial charge is 0.380 e. The first-order valence-electron chi connectivity index (χ1n) is 6.41. The molecule has 3 rings (SSSR count). The van der Waals surface area contributed by atoms with E-state index in [1.165, 1.54) is 5.56 Å². The van der Waals surface area contributed by atoms with Crippen LogP contribution in [0.1, 0.15) is 11.1 Å². The molecule has 2 heterocycles. The third kappa shape index (κ3) is 2.05. The number of aryl methyl sites for hydroxylation is 2. The molecule has 0 aliphatic carbocycles. The predicted octanol–water partition coefficient (Wildman–Crippen LogP) is 3.60. The Kier molecular flexibility index (Phi) is 2.99. The molecule has 4 heteroatoms. The third-order valence-corrected chi connectivity index (χ3v) is 3.27. The van der Waals surface area contributed by atoms with Crippen LogP contribution in [0.15, 0.2) is 47.1 Å². The number of anilines is 1. The van der Waals surface area contributed by atoms with Crippen LogP contribution >= 0.6 is 0 Å². The molecule has 0 amide bonds. The molecule has 0 spiro atoms. The van der Waals surface area contributed by atoms with Crippen molar-refractivity contribution in [1.82, 2.24) is 10.1 Å². The zero-order chi connectivity index (χ0) is 14.1. The Hall–Kier alpha value is -2.62. The van der Waals surface area contributed by atoms with Crippen LogP contribution in [0.4, 0.5) is 5.82 Å². The van der Waals surface area contributed by atoms with Gasteiger partial charge < -0.3 is 10.3 Å². The van der Waals surface area contributed by atoms with E-state index in [-0.39, 0.29) is 0 Å². The van der Waals surface area contributed by atoms with Crippen molar-refractivity contribution in [2.45, 2.75) is 13.8 Å².